The van der Waals surface area contributed by atoms with Crippen molar-refractivity contribution in [1.82, 2.24) is 15.2 Å². The van der Waals surface area contributed by atoms with Gasteiger partial charge < -0.3 is 15.3 Å². The Bertz CT molecular complexity index is 492. The van der Waals surface area contributed by atoms with Gasteiger partial charge in [0.1, 0.15) is 0 Å². The van der Waals surface area contributed by atoms with E-state index < -0.39 is 11.4 Å². The Morgan fingerprint density at radius 1 is 1.50 bits per heavy atom. The number of likely N-dealkylation sites (tertiary alicyclic amines) is 1. The molecule has 108 valence electrons. The largest absolute Gasteiger partial charge is 0.481 e. The second kappa shape index (κ2) is 5.90. The normalized spacial score (nSPS) is 22.4. The van der Waals surface area contributed by atoms with Crippen molar-refractivity contribution in [3.63, 3.8) is 0 Å². The molecule has 6 heteroatoms. The quantitative estimate of drug-likeness (QED) is 0.876. The first-order chi connectivity index (χ1) is 9.51. The predicted molar refractivity (Wildman–Crippen MR) is 73.0 cm³/mol. The van der Waals surface area contributed by atoms with Gasteiger partial charge in [-0.1, -0.05) is 6.07 Å². The summed E-state index contributed by atoms with van der Waals surface area (Å²) < 4.78 is 0. The Morgan fingerprint density at radius 2 is 2.30 bits per heavy atom. The van der Waals surface area contributed by atoms with Crippen LogP contribution in [0.3, 0.4) is 0 Å². The number of carbonyl (C=O) groups is 2. The number of amides is 2. The summed E-state index contributed by atoms with van der Waals surface area (Å²) in [6.45, 7) is 2.88. The number of nitrogens with one attached hydrogen (secondary N) is 1. The molecule has 2 heterocycles. The van der Waals surface area contributed by atoms with Crippen LogP contribution in [0.2, 0.25) is 0 Å². The Balaban J connectivity index is 1.91. The summed E-state index contributed by atoms with van der Waals surface area (Å²) in [7, 11) is 0. The van der Waals surface area contributed by atoms with Gasteiger partial charge in [0.25, 0.3) is 0 Å². The van der Waals surface area contributed by atoms with E-state index in [9.17, 15) is 14.7 Å². The van der Waals surface area contributed by atoms with Crippen LogP contribution >= 0.6 is 0 Å². The number of carboxylic acid groups (broad SMARTS) is 1. The van der Waals surface area contributed by atoms with Crippen molar-refractivity contribution in [3.8, 4) is 0 Å². The van der Waals surface area contributed by atoms with Gasteiger partial charge in [0, 0.05) is 19.3 Å². The van der Waals surface area contributed by atoms with Crippen molar-refractivity contribution in [1.29, 1.82) is 0 Å². The summed E-state index contributed by atoms with van der Waals surface area (Å²) in [5.41, 5.74) is -0.0699. The average Bonchev–Trinajstić information content (AvgIpc) is 2.46. The first kappa shape index (κ1) is 14.3. The molecule has 2 amide bonds. The van der Waals surface area contributed by atoms with E-state index in [1.807, 2.05) is 18.2 Å². The lowest BCUT2D eigenvalue weighted by Crippen LogP contribution is -2.51. The maximum absolute atomic E-state index is 12.1. The Kier molecular flexibility index (Phi) is 4.22. The Hall–Kier alpha value is -2.11. The van der Waals surface area contributed by atoms with E-state index in [0.717, 1.165) is 5.69 Å². The highest BCUT2D eigenvalue weighted by atomic mass is 16.4. The lowest BCUT2D eigenvalue weighted by molar-refractivity contribution is -0.150. The molecule has 0 aliphatic carbocycles. The molecule has 1 unspecified atom stereocenters. The number of urea groups is 1. The van der Waals surface area contributed by atoms with E-state index in [4.69, 9.17) is 0 Å². The van der Waals surface area contributed by atoms with Gasteiger partial charge in [-0.3, -0.25) is 9.78 Å². The lowest BCUT2D eigenvalue weighted by atomic mass is 9.82. The SMILES string of the molecule is CC1(C(=O)O)CCCN(C(=O)NCc2ccccn2)C1. The molecule has 0 bridgehead atoms. The summed E-state index contributed by atoms with van der Waals surface area (Å²) in [4.78, 5) is 29.0. The topological polar surface area (TPSA) is 82.5 Å². The van der Waals surface area contributed by atoms with E-state index in [-0.39, 0.29) is 12.6 Å². The van der Waals surface area contributed by atoms with Crippen molar-refractivity contribution in [3.05, 3.63) is 30.1 Å². The molecule has 0 saturated carbocycles. The molecule has 2 rings (SSSR count). The highest BCUT2D eigenvalue weighted by Crippen LogP contribution is 2.29. The molecule has 20 heavy (non-hydrogen) atoms. The van der Waals surface area contributed by atoms with Crippen molar-refractivity contribution in [2.45, 2.75) is 26.3 Å². The van der Waals surface area contributed by atoms with Crippen LogP contribution in [0.25, 0.3) is 0 Å². The fraction of sp³-hybridized carbons (Fsp3) is 0.500. The fourth-order valence-corrected chi connectivity index (χ4v) is 2.37. The van der Waals surface area contributed by atoms with Gasteiger partial charge in [0.15, 0.2) is 0 Å². The number of carboxylic acids is 1. The van der Waals surface area contributed by atoms with Crippen LogP contribution < -0.4 is 5.32 Å². The monoisotopic (exact) mass is 277 g/mol. The first-order valence-electron chi connectivity index (χ1n) is 6.67. The average molecular weight is 277 g/mol. The van der Waals surface area contributed by atoms with E-state index >= 15 is 0 Å². The number of aliphatic carboxylic acids is 1. The zero-order valence-electron chi connectivity index (χ0n) is 11.5. The molecule has 1 aliphatic heterocycles. The van der Waals surface area contributed by atoms with Gasteiger partial charge in [-0.15, -0.1) is 0 Å². The maximum Gasteiger partial charge on any atom is 0.317 e. The third-order valence-electron chi connectivity index (χ3n) is 3.65. The highest BCUT2D eigenvalue weighted by Gasteiger charge is 2.39. The molecule has 1 saturated heterocycles. The minimum Gasteiger partial charge on any atom is -0.481 e. The van der Waals surface area contributed by atoms with E-state index in [1.54, 1.807) is 18.0 Å². The smallest absolute Gasteiger partial charge is 0.317 e. The van der Waals surface area contributed by atoms with E-state index in [2.05, 4.69) is 10.3 Å². The second-order valence-electron chi connectivity index (χ2n) is 5.37. The molecule has 0 aromatic carbocycles. The summed E-state index contributed by atoms with van der Waals surface area (Å²) in [6, 6.07) is 5.27. The number of nitrogens with zero attached hydrogens (tertiary/aromatic N) is 2. The Morgan fingerprint density at radius 3 is 2.95 bits per heavy atom. The third-order valence-corrected chi connectivity index (χ3v) is 3.65. The third kappa shape index (κ3) is 3.26. The van der Waals surface area contributed by atoms with Crippen molar-refractivity contribution in [2.75, 3.05) is 13.1 Å². The molecule has 1 aromatic heterocycles. The van der Waals surface area contributed by atoms with Gasteiger partial charge in [-0.05, 0) is 31.9 Å². The van der Waals surface area contributed by atoms with Gasteiger partial charge in [0.05, 0.1) is 17.7 Å². The number of aromatic nitrogens is 1. The summed E-state index contributed by atoms with van der Waals surface area (Å²) in [5.74, 6) is -0.847. The number of piperidine rings is 1. The van der Waals surface area contributed by atoms with Crippen LogP contribution in [0, 0.1) is 5.41 Å². The van der Waals surface area contributed by atoms with Gasteiger partial charge in [0.2, 0.25) is 0 Å². The van der Waals surface area contributed by atoms with Crippen LogP contribution in [0.15, 0.2) is 24.4 Å². The fourth-order valence-electron chi connectivity index (χ4n) is 2.37. The molecule has 1 fully saturated rings. The molecule has 1 aliphatic rings. The second-order valence-corrected chi connectivity index (χ2v) is 5.37. The molecular formula is C14H19N3O3. The molecule has 0 radical (unpaired) electrons. The molecule has 1 aromatic rings. The van der Waals surface area contributed by atoms with Crippen LogP contribution in [-0.4, -0.2) is 40.1 Å². The predicted octanol–water partition coefficient (Wildman–Crippen LogP) is 1.48. The van der Waals surface area contributed by atoms with Gasteiger partial charge in [-0.25, -0.2) is 4.79 Å². The standard InChI is InChI=1S/C14H19N3O3/c1-14(12(18)19)6-4-8-17(10-14)13(20)16-9-11-5-2-3-7-15-11/h2-3,5,7H,4,6,8-10H2,1H3,(H,16,20)(H,18,19). The number of hydrogen-bond donors (Lipinski definition) is 2. The molecule has 2 N–H and O–H groups in total. The lowest BCUT2D eigenvalue weighted by Gasteiger charge is -2.37. The molecular weight excluding hydrogens is 258 g/mol. The Labute approximate surface area is 117 Å². The number of hydrogen-bond acceptors (Lipinski definition) is 3. The van der Waals surface area contributed by atoms with Crippen molar-refractivity contribution in [2.24, 2.45) is 5.41 Å². The summed E-state index contributed by atoms with van der Waals surface area (Å²) in [5, 5.41) is 12.0. The van der Waals surface area contributed by atoms with Crippen LogP contribution in [-0.2, 0) is 11.3 Å². The van der Waals surface area contributed by atoms with Crippen LogP contribution in [0.1, 0.15) is 25.5 Å². The van der Waals surface area contributed by atoms with E-state index in [1.165, 1.54) is 0 Å². The van der Waals surface area contributed by atoms with E-state index in [0.29, 0.717) is 25.9 Å². The highest BCUT2D eigenvalue weighted by molar-refractivity contribution is 5.78. The number of pyridine rings is 1. The van der Waals surface area contributed by atoms with Crippen molar-refractivity contribution < 1.29 is 14.7 Å². The number of carbonyl (C=O) groups excluding carboxylic acids is 1. The zero-order valence-corrected chi connectivity index (χ0v) is 11.5. The van der Waals surface area contributed by atoms with Crippen LogP contribution in [0.5, 0.6) is 0 Å². The van der Waals surface area contributed by atoms with Gasteiger partial charge >= 0.3 is 12.0 Å². The minimum absolute atomic E-state index is 0.233. The summed E-state index contributed by atoms with van der Waals surface area (Å²) in [6.07, 6.45) is 2.98. The maximum atomic E-state index is 12.1. The first-order valence-corrected chi connectivity index (χ1v) is 6.67. The minimum atomic E-state index is -0.847. The molecule has 6 nitrogen and oxygen atoms in total. The summed E-state index contributed by atoms with van der Waals surface area (Å²) >= 11 is 0. The van der Waals surface area contributed by atoms with Gasteiger partial charge in [-0.2, -0.15) is 0 Å². The zero-order chi connectivity index (χ0) is 14.6. The van der Waals surface area contributed by atoms with Crippen molar-refractivity contribution >= 4 is 12.0 Å². The molecule has 1 atom stereocenters. The van der Waals surface area contributed by atoms with Crippen LogP contribution in [0.4, 0.5) is 4.79 Å². The molecule has 0 spiro atoms. The number of rotatable bonds is 3.